The predicted octanol–water partition coefficient (Wildman–Crippen LogP) is 2.87. The third kappa shape index (κ3) is 3.79. The highest BCUT2D eigenvalue weighted by Gasteiger charge is 2.46. The Morgan fingerprint density at radius 3 is 2.86 bits per heavy atom. The average Bonchev–Trinajstić information content (AvgIpc) is 3.39. The van der Waals surface area contributed by atoms with Crippen LogP contribution in [0.4, 0.5) is 5.69 Å². The van der Waals surface area contributed by atoms with E-state index in [2.05, 4.69) is 41.3 Å². The van der Waals surface area contributed by atoms with E-state index in [0.717, 1.165) is 28.0 Å². The molecule has 1 saturated heterocycles. The highest BCUT2D eigenvalue weighted by Crippen LogP contribution is 2.37. The van der Waals surface area contributed by atoms with Crippen LogP contribution in [-0.4, -0.2) is 54.8 Å². The molecule has 2 aliphatic rings. The highest BCUT2D eigenvalue weighted by molar-refractivity contribution is 5.92. The maximum atomic E-state index is 12.5. The number of aromatic nitrogens is 6. The summed E-state index contributed by atoms with van der Waals surface area (Å²) in [5, 5.41) is 18.1. The Bertz CT molecular complexity index is 1420. The second kappa shape index (κ2) is 8.20. The molecule has 10 heteroatoms. The molecule has 2 fully saturated rings. The molecule has 10 nitrogen and oxygen atoms in total. The van der Waals surface area contributed by atoms with E-state index in [4.69, 9.17) is 0 Å². The number of carbonyl (C=O) groups is 1. The first-order valence-electron chi connectivity index (χ1n) is 11.8. The molecule has 4 aromatic rings. The van der Waals surface area contributed by atoms with Crippen molar-refractivity contribution in [2.24, 2.45) is 5.92 Å². The maximum absolute atomic E-state index is 12.5. The van der Waals surface area contributed by atoms with Gasteiger partial charge < -0.3 is 15.2 Å². The van der Waals surface area contributed by atoms with Gasteiger partial charge in [0.1, 0.15) is 23.2 Å². The van der Waals surface area contributed by atoms with E-state index in [9.17, 15) is 10.1 Å². The van der Waals surface area contributed by atoms with Gasteiger partial charge >= 0.3 is 0 Å². The molecule has 2 N–H and O–H groups in total. The first kappa shape index (κ1) is 21.3. The highest BCUT2D eigenvalue weighted by atomic mass is 16.1. The minimum Gasteiger partial charge on any atom is -0.365 e. The van der Waals surface area contributed by atoms with E-state index in [-0.39, 0.29) is 11.9 Å². The van der Waals surface area contributed by atoms with Gasteiger partial charge in [-0.15, -0.1) is 0 Å². The van der Waals surface area contributed by atoms with Crippen LogP contribution in [0, 0.1) is 17.2 Å². The fraction of sp³-hybridized carbons (Fsp3) is 0.360. The molecule has 35 heavy (non-hydrogen) atoms. The van der Waals surface area contributed by atoms with Crippen molar-refractivity contribution < 1.29 is 4.79 Å². The molecule has 0 spiro atoms. The van der Waals surface area contributed by atoms with Crippen LogP contribution in [0.25, 0.3) is 22.3 Å². The Hall–Kier alpha value is -4.26. The first-order valence-corrected chi connectivity index (χ1v) is 11.8. The summed E-state index contributed by atoms with van der Waals surface area (Å²) in [6.07, 6.45) is 11.5. The molecular weight excluding hydrogens is 442 g/mol. The molecule has 1 saturated carbocycles. The Balaban J connectivity index is 1.18. The lowest BCUT2D eigenvalue weighted by molar-refractivity contribution is 0.0930. The van der Waals surface area contributed by atoms with Gasteiger partial charge in [-0.3, -0.25) is 9.48 Å². The normalized spacial score (nSPS) is 17.5. The van der Waals surface area contributed by atoms with E-state index in [1.54, 1.807) is 18.5 Å². The van der Waals surface area contributed by atoms with Crippen molar-refractivity contribution in [2.75, 3.05) is 18.0 Å². The van der Waals surface area contributed by atoms with Crippen LogP contribution >= 0.6 is 0 Å². The van der Waals surface area contributed by atoms with Crippen LogP contribution in [0.5, 0.6) is 0 Å². The van der Waals surface area contributed by atoms with Gasteiger partial charge in [0, 0.05) is 42.5 Å². The van der Waals surface area contributed by atoms with Gasteiger partial charge in [0.25, 0.3) is 5.91 Å². The molecule has 0 aromatic carbocycles. The summed E-state index contributed by atoms with van der Waals surface area (Å²) < 4.78 is 1.89. The largest absolute Gasteiger partial charge is 0.365 e. The van der Waals surface area contributed by atoms with Crippen LogP contribution < -0.4 is 10.2 Å². The van der Waals surface area contributed by atoms with Crippen molar-refractivity contribution in [1.82, 2.24) is 35.0 Å². The lowest BCUT2D eigenvalue weighted by Gasteiger charge is -2.50. The number of anilines is 1. The number of carbonyl (C=O) groups excluding carboxylic acids is 1. The van der Waals surface area contributed by atoms with Crippen molar-refractivity contribution in [3.63, 3.8) is 0 Å². The Labute approximate surface area is 202 Å². The number of pyridine rings is 1. The van der Waals surface area contributed by atoms with E-state index in [1.165, 1.54) is 19.2 Å². The zero-order valence-corrected chi connectivity index (χ0v) is 19.3. The number of nitrogens with one attached hydrogen (secondary N) is 2. The molecule has 176 valence electrons. The van der Waals surface area contributed by atoms with Gasteiger partial charge in [-0.05, 0) is 43.9 Å². The van der Waals surface area contributed by atoms with Crippen LogP contribution in [0.15, 0.2) is 49.3 Å². The number of aromatic amines is 1. The number of H-pyrrole nitrogens is 1. The predicted molar refractivity (Wildman–Crippen MR) is 129 cm³/mol. The van der Waals surface area contributed by atoms with Gasteiger partial charge in [0.15, 0.2) is 0 Å². The standard InChI is InChI=1S/C25H25N9O/c1-16(17-2-3-17)32-24(35)21-5-4-19(11-28-21)33-13-25(14-33,7-8-26)34-12-18(10-31-34)22-20-6-9-27-23(20)30-15-29-22/h4-6,9-12,15-17H,2-3,7,13-14H2,1H3,(H,32,35)(H,27,29,30). The van der Waals surface area contributed by atoms with Crippen molar-refractivity contribution in [2.45, 2.75) is 37.8 Å². The summed E-state index contributed by atoms with van der Waals surface area (Å²) in [6, 6.07) is 8.13. The summed E-state index contributed by atoms with van der Waals surface area (Å²) in [5.41, 5.74) is 3.36. The Kier molecular flexibility index (Phi) is 4.99. The minimum absolute atomic E-state index is 0.135. The summed E-state index contributed by atoms with van der Waals surface area (Å²) in [4.78, 5) is 30.8. The molecule has 1 amide bonds. The molecule has 5 heterocycles. The number of nitriles is 1. The van der Waals surface area contributed by atoms with Gasteiger partial charge in [-0.1, -0.05) is 0 Å². The van der Waals surface area contributed by atoms with Crippen molar-refractivity contribution in [3.05, 3.63) is 55.0 Å². The average molecular weight is 468 g/mol. The van der Waals surface area contributed by atoms with E-state index < -0.39 is 5.54 Å². The van der Waals surface area contributed by atoms with Crippen LogP contribution in [0.3, 0.4) is 0 Å². The monoisotopic (exact) mass is 467 g/mol. The van der Waals surface area contributed by atoms with E-state index in [0.29, 0.717) is 31.1 Å². The lowest BCUT2D eigenvalue weighted by Crippen LogP contribution is -2.63. The molecule has 0 radical (unpaired) electrons. The van der Waals surface area contributed by atoms with Crippen molar-refractivity contribution in [3.8, 4) is 17.3 Å². The molecule has 6 rings (SSSR count). The summed E-state index contributed by atoms with van der Waals surface area (Å²) >= 11 is 0. The zero-order chi connectivity index (χ0) is 24.0. The molecule has 4 aromatic heterocycles. The molecule has 1 unspecified atom stereocenters. The van der Waals surface area contributed by atoms with Gasteiger partial charge in [-0.2, -0.15) is 10.4 Å². The first-order chi connectivity index (χ1) is 17.1. The lowest BCUT2D eigenvalue weighted by atomic mass is 9.86. The minimum atomic E-state index is -0.437. The molecule has 1 aliphatic carbocycles. The van der Waals surface area contributed by atoms with E-state index >= 15 is 0 Å². The van der Waals surface area contributed by atoms with Crippen LogP contribution in [0.2, 0.25) is 0 Å². The second-order valence-electron chi connectivity index (χ2n) is 9.55. The zero-order valence-electron chi connectivity index (χ0n) is 19.3. The third-order valence-electron chi connectivity index (χ3n) is 7.11. The Morgan fingerprint density at radius 1 is 1.26 bits per heavy atom. The van der Waals surface area contributed by atoms with Crippen molar-refractivity contribution >= 4 is 22.6 Å². The van der Waals surface area contributed by atoms with Crippen molar-refractivity contribution in [1.29, 1.82) is 5.26 Å². The summed E-state index contributed by atoms with van der Waals surface area (Å²) in [7, 11) is 0. The van der Waals surface area contributed by atoms with Gasteiger partial charge in [0.2, 0.25) is 0 Å². The number of fused-ring (bicyclic) bond motifs is 1. The van der Waals surface area contributed by atoms with Crippen LogP contribution in [0.1, 0.15) is 36.7 Å². The number of hydrogen-bond donors (Lipinski definition) is 2. The van der Waals surface area contributed by atoms with E-state index in [1.807, 2.05) is 36.1 Å². The molecular formula is C25H25N9O. The number of nitrogens with zero attached hydrogens (tertiary/aromatic N) is 7. The van der Waals surface area contributed by atoms with Gasteiger partial charge in [0.05, 0.1) is 36.3 Å². The molecule has 1 aliphatic heterocycles. The fourth-order valence-electron chi connectivity index (χ4n) is 4.84. The Morgan fingerprint density at radius 2 is 2.11 bits per heavy atom. The second-order valence-corrected chi connectivity index (χ2v) is 9.55. The molecule has 0 bridgehead atoms. The van der Waals surface area contributed by atoms with Gasteiger partial charge in [-0.25, -0.2) is 15.0 Å². The number of rotatable bonds is 7. The molecule has 1 atom stereocenters. The van der Waals surface area contributed by atoms with Crippen LogP contribution in [-0.2, 0) is 5.54 Å². The topological polar surface area (TPSA) is 128 Å². The maximum Gasteiger partial charge on any atom is 0.270 e. The third-order valence-corrected chi connectivity index (χ3v) is 7.11. The SMILES string of the molecule is CC(NC(=O)c1ccc(N2CC(CC#N)(n3cc(-c4ncnc5[nH]ccc45)cn3)C2)cn1)C1CC1. The number of amides is 1. The summed E-state index contributed by atoms with van der Waals surface area (Å²) in [5.74, 6) is 0.461. The smallest absolute Gasteiger partial charge is 0.270 e. The fourth-order valence-corrected chi connectivity index (χ4v) is 4.84. The number of hydrogen-bond acceptors (Lipinski definition) is 7. The summed E-state index contributed by atoms with van der Waals surface area (Å²) in [6.45, 7) is 3.29. The quantitative estimate of drug-likeness (QED) is 0.428.